The highest BCUT2D eigenvalue weighted by atomic mass is 79.9. The van der Waals surface area contributed by atoms with E-state index in [4.69, 9.17) is 0 Å². The van der Waals surface area contributed by atoms with Gasteiger partial charge in [0.1, 0.15) is 0 Å². The molecule has 0 saturated heterocycles. The molecule has 0 atom stereocenters. The van der Waals surface area contributed by atoms with Gasteiger partial charge in [0.15, 0.2) is 0 Å². The van der Waals surface area contributed by atoms with Crippen LogP contribution in [0.3, 0.4) is 0 Å². The molecule has 0 bridgehead atoms. The monoisotopic (exact) mass is 265 g/mol. The van der Waals surface area contributed by atoms with Crippen LogP contribution in [0.2, 0.25) is 0 Å². The number of halogens is 1. The molecule has 1 aromatic carbocycles. The smallest absolute Gasteiger partial charge is 0.204 e. The van der Waals surface area contributed by atoms with Crippen LogP contribution in [-0.4, -0.2) is 4.98 Å². The van der Waals surface area contributed by atoms with E-state index in [9.17, 15) is 4.79 Å². The Hall–Kier alpha value is -1.09. The van der Waals surface area contributed by atoms with Crippen molar-refractivity contribution in [1.29, 1.82) is 0 Å². The van der Waals surface area contributed by atoms with E-state index < -0.39 is 0 Å². The number of H-pyrrole nitrogens is 1. The van der Waals surface area contributed by atoms with Gasteiger partial charge in [0, 0.05) is 11.1 Å². The van der Waals surface area contributed by atoms with Gasteiger partial charge in [-0.1, -0.05) is 6.07 Å². The van der Waals surface area contributed by atoms with E-state index >= 15 is 0 Å². The topological polar surface area (TPSA) is 32.9 Å². The van der Waals surface area contributed by atoms with E-state index in [0.29, 0.717) is 4.47 Å². The van der Waals surface area contributed by atoms with E-state index in [-0.39, 0.29) is 5.43 Å². The average molecular weight is 266 g/mol. The number of hydrogen-bond acceptors (Lipinski definition) is 1. The first-order chi connectivity index (χ1) is 7.00. The molecule has 0 aliphatic rings. The van der Waals surface area contributed by atoms with Crippen molar-refractivity contribution in [2.45, 2.75) is 20.8 Å². The molecule has 0 amide bonds. The van der Waals surface area contributed by atoms with Gasteiger partial charge in [-0.15, -0.1) is 0 Å². The fourth-order valence-electron chi connectivity index (χ4n) is 1.90. The van der Waals surface area contributed by atoms with Crippen LogP contribution in [0.1, 0.15) is 16.8 Å². The Morgan fingerprint density at radius 3 is 2.53 bits per heavy atom. The van der Waals surface area contributed by atoms with Crippen molar-refractivity contribution in [2.75, 3.05) is 0 Å². The van der Waals surface area contributed by atoms with E-state index in [1.54, 1.807) is 0 Å². The normalized spacial score (nSPS) is 10.9. The van der Waals surface area contributed by atoms with Crippen LogP contribution in [0.5, 0.6) is 0 Å². The third kappa shape index (κ3) is 1.61. The molecule has 0 radical (unpaired) electrons. The van der Waals surface area contributed by atoms with Gasteiger partial charge in [-0.25, -0.2) is 0 Å². The lowest BCUT2D eigenvalue weighted by molar-refractivity contribution is 1.21. The molecule has 3 heteroatoms. The van der Waals surface area contributed by atoms with Crippen LogP contribution < -0.4 is 5.43 Å². The summed E-state index contributed by atoms with van der Waals surface area (Å²) in [6.45, 7) is 5.89. The lowest BCUT2D eigenvalue weighted by Crippen LogP contribution is -2.08. The Morgan fingerprint density at radius 2 is 1.87 bits per heavy atom. The molecule has 78 valence electrons. The van der Waals surface area contributed by atoms with Crippen LogP contribution in [0.4, 0.5) is 0 Å². The van der Waals surface area contributed by atoms with Crippen LogP contribution in [0.15, 0.2) is 21.4 Å². The second-order valence-electron chi connectivity index (χ2n) is 3.90. The largest absolute Gasteiger partial charge is 0.357 e. The molecule has 1 aromatic heterocycles. The average Bonchev–Trinajstić information content (AvgIpc) is 2.13. The van der Waals surface area contributed by atoms with Crippen LogP contribution in [0, 0.1) is 20.8 Å². The molecular weight excluding hydrogens is 254 g/mol. The molecule has 2 nitrogen and oxygen atoms in total. The molecule has 2 aromatic rings. The van der Waals surface area contributed by atoms with E-state index in [1.807, 2.05) is 32.9 Å². The van der Waals surface area contributed by atoms with Gasteiger partial charge in [-0.05, 0) is 53.9 Å². The van der Waals surface area contributed by atoms with Gasteiger partial charge in [0.25, 0.3) is 0 Å². The van der Waals surface area contributed by atoms with Crippen molar-refractivity contribution in [3.8, 4) is 0 Å². The van der Waals surface area contributed by atoms with E-state index in [1.165, 1.54) is 0 Å². The molecule has 0 aliphatic carbocycles. The third-order valence-electron chi connectivity index (χ3n) is 2.56. The summed E-state index contributed by atoms with van der Waals surface area (Å²) in [6, 6.07) is 4.03. The lowest BCUT2D eigenvalue weighted by Gasteiger charge is -2.06. The molecule has 0 spiro atoms. The minimum absolute atomic E-state index is 0.0683. The predicted octanol–water partition coefficient (Wildman–Crippen LogP) is 3.22. The summed E-state index contributed by atoms with van der Waals surface area (Å²) in [5, 5.41) is 0.776. The fourth-order valence-corrected chi connectivity index (χ4v) is 2.20. The van der Waals surface area contributed by atoms with Crippen molar-refractivity contribution in [2.24, 2.45) is 0 Å². The summed E-state index contributed by atoms with van der Waals surface area (Å²) in [6.07, 6.45) is 0. The van der Waals surface area contributed by atoms with Gasteiger partial charge in [0.2, 0.25) is 5.43 Å². The molecular formula is C12H12BrNO. The second kappa shape index (κ2) is 3.49. The third-order valence-corrected chi connectivity index (χ3v) is 3.51. The van der Waals surface area contributed by atoms with Gasteiger partial charge in [0.05, 0.1) is 9.99 Å². The highest BCUT2D eigenvalue weighted by molar-refractivity contribution is 9.10. The van der Waals surface area contributed by atoms with Crippen molar-refractivity contribution in [1.82, 2.24) is 4.98 Å². The fraction of sp³-hybridized carbons (Fsp3) is 0.250. The SMILES string of the molecule is Cc1cc(C)c2c(=O)c(Br)c(C)[nH]c2c1. The number of benzene rings is 1. The number of rotatable bonds is 0. The van der Waals surface area contributed by atoms with Crippen LogP contribution in [0.25, 0.3) is 10.9 Å². The van der Waals surface area contributed by atoms with Crippen molar-refractivity contribution < 1.29 is 0 Å². The predicted molar refractivity (Wildman–Crippen MR) is 66.5 cm³/mol. The Labute approximate surface area is 96.5 Å². The van der Waals surface area contributed by atoms with Crippen LogP contribution >= 0.6 is 15.9 Å². The molecule has 0 saturated carbocycles. The summed E-state index contributed by atoms with van der Waals surface area (Å²) in [4.78, 5) is 15.2. The number of nitrogens with one attached hydrogen (secondary N) is 1. The molecule has 1 heterocycles. The number of fused-ring (bicyclic) bond motifs is 1. The molecule has 2 rings (SSSR count). The van der Waals surface area contributed by atoms with Gasteiger partial charge >= 0.3 is 0 Å². The minimum Gasteiger partial charge on any atom is -0.357 e. The number of aryl methyl sites for hydroxylation is 3. The summed E-state index contributed by atoms with van der Waals surface area (Å²) in [7, 11) is 0. The lowest BCUT2D eigenvalue weighted by atomic mass is 10.1. The summed E-state index contributed by atoms with van der Waals surface area (Å²) >= 11 is 3.31. The Morgan fingerprint density at radius 1 is 1.20 bits per heavy atom. The highest BCUT2D eigenvalue weighted by Gasteiger charge is 2.08. The zero-order valence-corrected chi connectivity index (χ0v) is 10.5. The van der Waals surface area contributed by atoms with Gasteiger partial charge < -0.3 is 4.98 Å². The minimum atomic E-state index is 0.0683. The second-order valence-corrected chi connectivity index (χ2v) is 4.69. The molecule has 15 heavy (non-hydrogen) atoms. The number of hydrogen-bond donors (Lipinski definition) is 1. The van der Waals surface area contributed by atoms with E-state index in [0.717, 1.165) is 27.7 Å². The summed E-state index contributed by atoms with van der Waals surface area (Å²) in [5.74, 6) is 0. The van der Waals surface area contributed by atoms with Gasteiger partial charge in [-0.3, -0.25) is 4.79 Å². The van der Waals surface area contributed by atoms with Crippen molar-refractivity contribution >= 4 is 26.8 Å². The molecule has 0 aliphatic heterocycles. The van der Waals surface area contributed by atoms with E-state index in [2.05, 4.69) is 20.9 Å². The molecule has 0 unspecified atom stereocenters. The van der Waals surface area contributed by atoms with Gasteiger partial charge in [-0.2, -0.15) is 0 Å². The van der Waals surface area contributed by atoms with Crippen molar-refractivity contribution in [3.05, 3.63) is 43.6 Å². The zero-order valence-electron chi connectivity index (χ0n) is 8.94. The first-order valence-corrected chi connectivity index (χ1v) is 5.59. The number of aromatic nitrogens is 1. The summed E-state index contributed by atoms with van der Waals surface area (Å²) in [5.41, 5.74) is 4.04. The maximum absolute atomic E-state index is 12.0. The number of pyridine rings is 1. The quantitative estimate of drug-likeness (QED) is 0.780. The standard InChI is InChI=1S/C12H12BrNO/c1-6-4-7(2)10-9(5-6)14-8(3)11(13)12(10)15/h4-5H,1-3H3,(H,14,15). The Bertz CT molecular complexity index is 599. The highest BCUT2D eigenvalue weighted by Crippen LogP contribution is 2.19. The summed E-state index contributed by atoms with van der Waals surface area (Å²) < 4.78 is 0.627. The molecule has 1 N–H and O–H groups in total. The number of aromatic amines is 1. The Balaban J connectivity index is 3.06. The first-order valence-electron chi connectivity index (χ1n) is 4.80. The Kier molecular flexibility index (Phi) is 2.43. The van der Waals surface area contributed by atoms with Crippen LogP contribution in [-0.2, 0) is 0 Å². The van der Waals surface area contributed by atoms with Crippen molar-refractivity contribution in [3.63, 3.8) is 0 Å². The molecule has 0 fully saturated rings. The maximum Gasteiger partial charge on any atom is 0.204 e. The first kappa shape index (κ1) is 10.4. The maximum atomic E-state index is 12.0. The zero-order chi connectivity index (χ0) is 11.2.